The molecule has 3 N–H and O–H groups in total. The number of anilines is 2. The number of nitrogens with zero attached hydrogens (tertiary/aromatic N) is 4. The van der Waals surface area contributed by atoms with E-state index in [4.69, 9.17) is 17.3 Å². The van der Waals surface area contributed by atoms with Crippen molar-refractivity contribution in [3.8, 4) is 0 Å². The summed E-state index contributed by atoms with van der Waals surface area (Å²) >= 11 is 6.67. The lowest BCUT2D eigenvalue weighted by Gasteiger charge is -2.25. The van der Waals surface area contributed by atoms with E-state index in [9.17, 15) is 9.59 Å². The van der Waals surface area contributed by atoms with E-state index in [0.717, 1.165) is 29.7 Å². The average Bonchev–Trinajstić information content (AvgIpc) is 3.00. The number of rotatable bonds is 9. The number of nitrogens with two attached hydrogens (primary N) is 1. The number of benzene rings is 1. The largest absolute Gasteiger partial charge is 0.383 e. The first-order valence-electron chi connectivity index (χ1n) is 10.5. The Kier molecular flexibility index (Phi) is 7.22. The van der Waals surface area contributed by atoms with Gasteiger partial charge in [-0.2, -0.15) is 5.10 Å². The zero-order chi connectivity index (χ0) is 22.5. The first kappa shape index (κ1) is 22.7. The van der Waals surface area contributed by atoms with Gasteiger partial charge < -0.3 is 10.6 Å². The van der Waals surface area contributed by atoms with E-state index in [1.54, 1.807) is 4.68 Å². The summed E-state index contributed by atoms with van der Waals surface area (Å²) in [6, 6.07) is 9.95. The van der Waals surface area contributed by atoms with Crippen molar-refractivity contribution in [2.45, 2.75) is 53.2 Å². The second-order valence-electron chi connectivity index (χ2n) is 7.51. The fourth-order valence-corrected chi connectivity index (χ4v) is 3.89. The zero-order valence-electron chi connectivity index (χ0n) is 18.2. The number of nitrogens with one attached hydrogen (secondary N) is 1. The molecule has 3 rings (SSSR count). The summed E-state index contributed by atoms with van der Waals surface area (Å²) in [6.07, 6.45) is 1.70. The van der Waals surface area contributed by atoms with Gasteiger partial charge in [-0.3, -0.25) is 14.3 Å². The first-order chi connectivity index (χ1) is 14.9. The maximum atomic E-state index is 12.6. The van der Waals surface area contributed by atoms with Crippen LogP contribution in [0.15, 0.2) is 39.9 Å². The minimum atomic E-state index is -0.498. The molecule has 0 atom stereocenters. The van der Waals surface area contributed by atoms with Gasteiger partial charge in [0.15, 0.2) is 0 Å². The van der Waals surface area contributed by atoms with Gasteiger partial charge in [-0.15, -0.1) is 0 Å². The van der Waals surface area contributed by atoms with Crippen LogP contribution in [0.25, 0.3) is 0 Å². The Labute approximate surface area is 186 Å². The summed E-state index contributed by atoms with van der Waals surface area (Å²) < 4.78 is 3.18. The molecule has 0 bridgehead atoms. The van der Waals surface area contributed by atoms with Gasteiger partial charge in [0.2, 0.25) is 0 Å². The molecule has 0 aliphatic carbocycles. The van der Waals surface area contributed by atoms with Gasteiger partial charge in [-0.25, -0.2) is 9.48 Å². The minimum Gasteiger partial charge on any atom is -0.383 e. The quantitative estimate of drug-likeness (QED) is 0.527. The Hall–Kier alpha value is -3.00. The lowest BCUT2D eigenvalue weighted by atomic mass is 10.2. The second kappa shape index (κ2) is 9.87. The molecule has 3 aromatic rings. The maximum absolute atomic E-state index is 12.6. The smallest absolute Gasteiger partial charge is 0.330 e. The third-order valence-electron chi connectivity index (χ3n) is 5.35. The van der Waals surface area contributed by atoms with Crippen LogP contribution in [0.2, 0.25) is 5.15 Å². The van der Waals surface area contributed by atoms with Gasteiger partial charge >= 0.3 is 5.69 Å². The van der Waals surface area contributed by atoms with E-state index in [0.29, 0.717) is 31.3 Å². The maximum Gasteiger partial charge on any atom is 0.330 e. The van der Waals surface area contributed by atoms with Crippen molar-refractivity contribution < 1.29 is 0 Å². The number of aromatic nitrogens is 4. The summed E-state index contributed by atoms with van der Waals surface area (Å²) in [7, 11) is 0. The van der Waals surface area contributed by atoms with Gasteiger partial charge in [0, 0.05) is 25.2 Å². The van der Waals surface area contributed by atoms with Gasteiger partial charge in [0.1, 0.15) is 16.7 Å². The molecule has 0 aliphatic heterocycles. The highest BCUT2D eigenvalue weighted by atomic mass is 35.5. The van der Waals surface area contributed by atoms with Crippen LogP contribution in [0.5, 0.6) is 0 Å². The fourth-order valence-electron chi connectivity index (χ4n) is 3.59. The molecule has 0 saturated carbocycles. The van der Waals surface area contributed by atoms with Crippen molar-refractivity contribution in [3.05, 3.63) is 73.1 Å². The highest BCUT2D eigenvalue weighted by Crippen LogP contribution is 2.26. The lowest BCUT2D eigenvalue weighted by molar-refractivity contribution is 0.602. The van der Waals surface area contributed by atoms with Crippen LogP contribution in [0.1, 0.15) is 43.5 Å². The molecule has 9 heteroatoms. The van der Waals surface area contributed by atoms with Crippen LogP contribution < -0.4 is 21.9 Å². The summed E-state index contributed by atoms with van der Waals surface area (Å²) in [5, 5.41) is 5.11. The van der Waals surface area contributed by atoms with Gasteiger partial charge in [-0.05, 0) is 25.8 Å². The molecule has 1 aromatic carbocycles. The Bertz CT molecular complexity index is 1150. The van der Waals surface area contributed by atoms with E-state index in [2.05, 4.69) is 10.1 Å². The summed E-state index contributed by atoms with van der Waals surface area (Å²) in [4.78, 5) is 29.1. The topological polar surface area (TPSA) is 102 Å². The molecule has 0 spiro atoms. The predicted octanol–water partition coefficient (Wildman–Crippen LogP) is 3.15. The number of hydrogen-bond donors (Lipinski definition) is 2. The van der Waals surface area contributed by atoms with Crippen LogP contribution >= 0.6 is 11.6 Å². The lowest BCUT2D eigenvalue weighted by Crippen LogP contribution is -2.38. The van der Waals surface area contributed by atoms with Crippen molar-refractivity contribution in [2.75, 3.05) is 17.2 Å². The van der Waals surface area contributed by atoms with Crippen LogP contribution in [0.3, 0.4) is 0 Å². The summed E-state index contributed by atoms with van der Waals surface area (Å²) in [5.41, 5.74) is 8.29. The van der Waals surface area contributed by atoms with Crippen molar-refractivity contribution >= 4 is 23.1 Å². The molecule has 0 radical (unpaired) electrons. The first-order valence-corrected chi connectivity index (χ1v) is 10.9. The Balaban J connectivity index is 1.95. The summed E-state index contributed by atoms with van der Waals surface area (Å²) in [5.74, 6) is 0.175. The molecular weight excluding hydrogens is 416 g/mol. The SMILES string of the molecule is CCCCn1c(N)c(N(CC)Cc2c(C)nn(Cc3ccccc3)c2Cl)c(=O)[nH]c1=O. The molecule has 166 valence electrons. The van der Waals surface area contributed by atoms with E-state index >= 15 is 0 Å². The number of hydrogen-bond acceptors (Lipinski definition) is 5. The molecule has 2 aromatic heterocycles. The Morgan fingerprint density at radius 3 is 2.55 bits per heavy atom. The number of unbranched alkanes of at least 4 members (excludes halogenated alkanes) is 1. The van der Waals surface area contributed by atoms with E-state index in [1.165, 1.54) is 4.57 Å². The molecule has 2 heterocycles. The van der Waals surface area contributed by atoms with E-state index in [-0.39, 0.29) is 11.5 Å². The number of nitrogen functional groups attached to an aromatic ring is 1. The van der Waals surface area contributed by atoms with Crippen molar-refractivity contribution in [2.24, 2.45) is 0 Å². The number of H-pyrrole nitrogens is 1. The Morgan fingerprint density at radius 1 is 1.19 bits per heavy atom. The molecule has 0 amide bonds. The zero-order valence-corrected chi connectivity index (χ0v) is 18.9. The van der Waals surface area contributed by atoms with Crippen LogP contribution in [-0.2, 0) is 19.6 Å². The second-order valence-corrected chi connectivity index (χ2v) is 7.87. The highest BCUT2D eigenvalue weighted by Gasteiger charge is 2.22. The molecule has 0 saturated heterocycles. The molecule has 0 unspecified atom stereocenters. The minimum absolute atomic E-state index is 0.175. The predicted molar refractivity (Wildman–Crippen MR) is 125 cm³/mol. The number of aryl methyl sites for hydroxylation is 1. The van der Waals surface area contributed by atoms with Crippen LogP contribution in [-0.4, -0.2) is 25.9 Å². The molecule has 0 fully saturated rings. The monoisotopic (exact) mass is 444 g/mol. The number of aromatic amines is 1. The van der Waals surface area contributed by atoms with Gasteiger partial charge in [0.05, 0.1) is 12.2 Å². The number of halogens is 1. The van der Waals surface area contributed by atoms with E-state index in [1.807, 2.05) is 56.0 Å². The third kappa shape index (κ3) is 4.85. The van der Waals surface area contributed by atoms with Crippen LogP contribution in [0.4, 0.5) is 11.5 Å². The normalized spacial score (nSPS) is 11.1. The molecule has 31 heavy (non-hydrogen) atoms. The molecule has 0 aliphatic rings. The third-order valence-corrected chi connectivity index (χ3v) is 5.78. The van der Waals surface area contributed by atoms with Gasteiger partial charge in [0.25, 0.3) is 5.56 Å². The van der Waals surface area contributed by atoms with Crippen molar-refractivity contribution in [1.82, 2.24) is 19.3 Å². The van der Waals surface area contributed by atoms with Crippen molar-refractivity contribution in [1.29, 1.82) is 0 Å². The van der Waals surface area contributed by atoms with Gasteiger partial charge in [-0.1, -0.05) is 55.3 Å². The standard InChI is InChI=1S/C22H29ClN6O2/c1-4-6-12-28-20(24)18(21(30)25-22(28)31)27(5-2)14-17-15(3)26-29(19(17)23)13-16-10-8-7-9-11-16/h7-11H,4-6,12-14,24H2,1-3H3,(H,25,30,31). The van der Waals surface area contributed by atoms with Crippen LogP contribution in [0, 0.1) is 6.92 Å². The highest BCUT2D eigenvalue weighted by molar-refractivity contribution is 6.30. The van der Waals surface area contributed by atoms with E-state index < -0.39 is 11.2 Å². The van der Waals surface area contributed by atoms with Crippen molar-refractivity contribution in [3.63, 3.8) is 0 Å². The summed E-state index contributed by atoms with van der Waals surface area (Å²) in [6.45, 7) is 7.73. The molecule has 8 nitrogen and oxygen atoms in total. The Morgan fingerprint density at radius 2 is 1.90 bits per heavy atom. The molecular formula is C22H29ClN6O2. The average molecular weight is 445 g/mol. The fraction of sp³-hybridized carbons (Fsp3) is 0.409.